The van der Waals surface area contributed by atoms with Crippen LogP contribution >= 0.6 is 24.0 Å². The van der Waals surface area contributed by atoms with E-state index in [1.807, 2.05) is 13.8 Å². The van der Waals surface area contributed by atoms with Crippen LogP contribution in [0.5, 0.6) is 5.75 Å². The van der Waals surface area contributed by atoms with Crippen molar-refractivity contribution in [3.05, 3.63) is 29.8 Å². The fraction of sp³-hybridized carbons (Fsp3) is 0.529. The number of aliphatic imine (C=N–C) groups is 1. The first-order valence-corrected chi connectivity index (χ1v) is 8.22. The molecule has 0 aliphatic heterocycles. The molecule has 154 valence electrons. The van der Waals surface area contributed by atoms with Crippen LogP contribution in [-0.2, 0) is 11.3 Å². The van der Waals surface area contributed by atoms with Crippen molar-refractivity contribution in [2.45, 2.75) is 39.0 Å². The Kier molecular flexibility index (Phi) is 11.8. The highest BCUT2D eigenvalue weighted by Gasteiger charge is 2.28. The summed E-state index contributed by atoms with van der Waals surface area (Å²) >= 11 is 0. The number of hydrogen-bond donors (Lipinski definition) is 3. The van der Waals surface area contributed by atoms with Gasteiger partial charge in [0.25, 0.3) is 0 Å². The summed E-state index contributed by atoms with van der Waals surface area (Å²) in [5.74, 6) is 0.641. The summed E-state index contributed by atoms with van der Waals surface area (Å²) in [7, 11) is 1.61. The minimum Gasteiger partial charge on any atom is -0.484 e. The highest BCUT2D eigenvalue weighted by Crippen LogP contribution is 2.18. The topological polar surface area (TPSA) is 74.8 Å². The van der Waals surface area contributed by atoms with Gasteiger partial charge in [0.15, 0.2) is 12.6 Å². The third-order valence-electron chi connectivity index (χ3n) is 3.10. The molecule has 0 spiro atoms. The van der Waals surface area contributed by atoms with Crippen molar-refractivity contribution in [2.75, 3.05) is 20.2 Å². The van der Waals surface area contributed by atoms with Crippen LogP contribution < -0.4 is 20.7 Å². The van der Waals surface area contributed by atoms with Crippen LogP contribution in [0.1, 0.15) is 25.8 Å². The highest BCUT2D eigenvalue weighted by atomic mass is 127. The minimum atomic E-state index is -4.36. The van der Waals surface area contributed by atoms with Crippen LogP contribution in [0, 0.1) is 0 Å². The maximum atomic E-state index is 12.1. The van der Waals surface area contributed by atoms with Gasteiger partial charge in [0, 0.05) is 32.6 Å². The van der Waals surface area contributed by atoms with E-state index in [4.69, 9.17) is 0 Å². The summed E-state index contributed by atoms with van der Waals surface area (Å²) in [6.45, 7) is 3.34. The molecule has 0 atom stereocenters. The molecule has 0 bridgehead atoms. The molecule has 1 aromatic carbocycles. The zero-order valence-electron chi connectivity index (χ0n) is 15.5. The maximum Gasteiger partial charge on any atom is 0.422 e. The predicted molar refractivity (Wildman–Crippen MR) is 110 cm³/mol. The third-order valence-corrected chi connectivity index (χ3v) is 3.10. The van der Waals surface area contributed by atoms with Gasteiger partial charge in [-0.1, -0.05) is 12.1 Å². The van der Waals surface area contributed by atoms with Crippen molar-refractivity contribution in [3.63, 3.8) is 0 Å². The number of ether oxygens (including phenoxy) is 1. The van der Waals surface area contributed by atoms with E-state index < -0.39 is 12.8 Å². The fourth-order valence-electron chi connectivity index (χ4n) is 1.96. The van der Waals surface area contributed by atoms with E-state index in [1.54, 1.807) is 19.2 Å². The molecule has 1 aromatic rings. The second-order valence-electron chi connectivity index (χ2n) is 5.87. The van der Waals surface area contributed by atoms with E-state index in [0.29, 0.717) is 25.5 Å². The van der Waals surface area contributed by atoms with E-state index in [2.05, 4.69) is 25.7 Å². The largest absolute Gasteiger partial charge is 0.484 e. The number of carbonyl (C=O) groups excluding carboxylic acids is 1. The van der Waals surface area contributed by atoms with Gasteiger partial charge in [0.05, 0.1) is 0 Å². The molecule has 0 fully saturated rings. The lowest BCUT2D eigenvalue weighted by atomic mass is 10.2. The third kappa shape index (κ3) is 12.3. The first kappa shape index (κ1) is 25.3. The summed E-state index contributed by atoms with van der Waals surface area (Å²) in [6.07, 6.45) is -4.03. The van der Waals surface area contributed by atoms with Crippen LogP contribution in [0.4, 0.5) is 13.2 Å². The van der Waals surface area contributed by atoms with Gasteiger partial charge in [0.1, 0.15) is 5.75 Å². The predicted octanol–water partition coefficient (Wildman–Crippen LogP) is 2.83. The normalized spacial score (nSPS) is 11.6. The molecule has 0 unspecified atom stereocenters. The average molecular weight is 502 g/mol. The van der Waals surface area contributed by atoms with Crippen molar-refractivity contribution in [1.82, 2.24) is 16.0 Å². The number of rotatable bonds is 8. The highest BCUT2D eigenvalue weighted by molar-refractivity contribution is 14.0. The molecule has 0 heterocycles. The zero-order valence-corrected chi connectivity index (χ0v) is 17.9. The summed E-state index contributed by atoms with van der Waals surface area (Å²) in [5.41, 5.74) is 0.852. The number of benzene rings is 1. The number of nitrogens with one attached hydrogen (secondary N) is 3. The lowest BCUT2D eigenvalue weighted by Gasteiger charge is -2.13. The van der Waals surface area contributed by atoms with Gasteiger partial charge in [-0.3, -0.25) is 9.79 Å². The van der Waals surface area contributed by atoms with Crippen molar-refractivity contribution >= 4 is 35.8 Å². The first-order valence-electron chi connectivity index (χ1n) is 8.22. The molecular weight excluding hydrogens is 476 g/mol. The molecular formula is C17H26F3IN4O2. The number of guanidine groups is 1. The van der Waals surface area contributed by atoms with E-state index in [1.165, 1.54) is 12.1 Å². The van der Waals surface area contributed by atoms with Crippen LogP contribution in [0.2, 0.25) is 0 Å². The van der Waals surface area contributed by atoms with Gasteiger partial charge in [0.2, 0.25) is 5.91 Å². The first-order chi connectivity index (χ1) is 12.2. The summed E-state index contributed by atoms with van der Waals surface area (Å²) < 4.78 is 41.0. The van der Waals surface area contributed by atoms with Gasteiger partial charge in [-0.15, -0.1) is 24.0 Å². The Labute approximate surface area is 174 Å². The monoisotopic (exact) mass is 502 g/mol. The molecule has 27 heavy (non-hydrogen) atoms. The molecule has 0 aromatic heterocycles. The van der Waals surface area contributed by atoms with Gasteiger partial charge in [-0.05, 0) is 31.5 Å². The van der Waals surface area contributed by atoms with E-state index in [9.17, 15) is 18.0 Å². The SMILES string of the molecule is CN=C(NCCC(=O)NC(C)C)NCc1ccc(OCC(F)(F)F)cc1.I. The summed E-state index contributed by atoms with van der Waals surface area (Å²) in [4.78, 5) is 15.6. The van der Waals surface area contributed by atoms with Crippen molar-refractivity contribution in [1.29, 1.82) is 0 Å². The zero-order chi connectivity index (χ0) is 19.6. The molecule has 3 N–H and O–H groups in total. The smallest absolute Gasteiger partial charge is 0.422 e. The Balaban J connectivity index is 0.00000676. The van der Waals surface area contributed by atoms with Gasteiger partial charge >= 0.3 is 6.18 Å². The standard InChI is InChI=1S/C17H25F3N4O2.HI/c1-12(2)24-15(25)8-9-22-16(21-3)23-10-13-4-6-14(7-5-13)26-11-17(18,19)20;/h4-7,12H,8-11H2,1-3H3,(H,24,25)(H2,21,22,23);1H. The lowest BCUT2D eigenvalue weighted by Crippen LogP contribution is -2.39. The Morgan fingerprint density at radius 1 is 1.19 bits per heavy atom. The minimum absolute atomic E-state index is 0. The molecule has 0 radical (unpaired) electrons. The van der Waals surface area contributed by atoms with Gasteiger partial charge in [-0.2, -0.15) is 13.2 Å². The Bertz CT molecular complexity index is 593. The second-order valence-corrected chi connectivity index (χ2v) is 5.87. The number of amides is 1. The lowest BCUT2D eigenvalue weighted by molar-refractivity contribution is -0.153. The summed E-state index contributed by atoms with van der Waals surface area (Å²) in [6, 6.07) is 6.40. The molecule has 0 saturated heterocycles. The van der Waals surface area contributed by atoms with Crippen LogP contribution in [-0.4, -0.2) is 44.3 Å². The summed E-state index contributed by atoms with van der Waals surface area (Å²) in [5, 5.41) is 8.88. The number of alkyl halides is 3. The van der Waals surface area contributed by atoms with Crippen molar-refractivity contribution in [3.8, 4) is 5.75 Å². The van der Waals surface area contributed by atoms with Crippen molar-refractivity contribution in [2.24, 2.45) is 4.99 Å². The molecule has 1 amide bonds. The molecule has 0 aliphatic carbocycles. The van der Waals surface area contributed by atoms with E-state index in [0.717, 1.165) is 5.56 Å². The number of hydrogen-bond acceptors (Lipinski definition) is 3. The second kappa shape index (κ2) is 12.6. The Hall–Kier alpha value is -1.72. The molecule has 6 nitrogen and oxygen atoms in total. The van der Waals surface area contributed by atoms with E-state index >= 15 is 0 Å². The molecule has 0 aliphatic rings. The maximum absolute atomic E-state index is 12.1. The molecule has 10 heteroatoms. The average Bonchev–Trinajstić information content (AvgIpc) is 2.55. The Morgan fingerprint density at radius 2 is 1.81 bits per heavy atom. The Morgan fingerprint density at radius 3 is 2.33 bits per heavy atom. The fourth-order valence-corrected chi connectivity index (χ4v) is 1.96. The van der Waals surface area contributed by atoms with Gasteiger partial charge < -0.3 is 20.7 Å². The van der Waals surface area contributed by atoms with E-state index in [-0.39, 0.29) is 41.7 Å². The molecule has 0 saturated carbocycles. The van der Waals surface area contributed by atoms with Crippen molar-refractivity contribution < 1.29 is 22.7 Å². The number of halogens is 4. The van der Waals surface area contributed by atoms with Crippen LogP contribution in [0.15, 0.2) is 29.3 Å². The van der Waals surface area contributed by atoms with Crippen LogP contribution in [0.3, 0.4) is 0 Å². The number of nitrogens with zero attached hydrogens (tertiary/aromatic N) is 1. The number of carbonyl (C=O) groups is 1. The van der Waals surface area contributed by atoms with Crippen LogP contribution in [0.25, 0.3) is 0 Å². The quantitative estimate of drug-likeness (QED) is 0.291. The molecule has 1 rings (SSSR count). The van der Waals surface area contributed by atoms with Gasteiger partial charge in [-0.25, -0.2) is 0 Å².